The van der Waals surface area contributed by atoms with Gasteiger partial charge in [-0.15, -0.1) is 11.8 Å². The van der Waals surface area contributed by atoms with Crippen LogP contribution in [0.3, 0.4) is 0 Å². The molecule has 0 aromatic heterocycles. The topological polar surface area (TPSA) is 46.5 Å². The van der Waals surface area contributed by atoms with Gasteiger partial charge >= 0.3 is 5.97 Å². The number of carbonyl (C=O) groups is 1. The van der Waals surface area contributed by atoms with Gasteiger partial charge < -0.3 is 9.84 Å². The number of ether oxygens (including phenoxy) is 1. The highest BCUT2D eigenvalue weighted by molar-refractivity contribution is 8.02. The lowest BCUT2D eigenvalue weighted by atomic mass is 9.95. The van der Waals surface area contributed by atoms with Gasteiger partial charge in [0.05, 0.1) is 7.11 Å². The van der Waals surface area contributed by atoms with Crippen molar-refractivity contribution in [3.05, 3.63) is 0 Å². The fourth-order valence-corrected chi connectivity index (χ4v) is 3.69. The van der Waals surface area contributed by atoms with Gasteiger partial charge in [-0.2, -0.15) is 0 Å². The molecule has 3 nitrogen and oxygen atoms in total. The maximum atomic E-state index is 11.6. The SMILES string of the molecule is CCCCCC(CC)(CC)SC(C)(O)C(=O)OC. The molecule has 0 saturated heterocycles. The van der Waals surface area contributed by atoms with Gasteiger partial charge in [-0.1, -0.05) is 40.0 Å². The summed E-state index contributed by atoms with van der Waals surface area (Å²) in [4.78, 5) is 10.1. The molecule has 1 atom stereocenters. The monoisotopic (exact) mass is 276 g/mol. The predicted octanol–water partition coefficient (Wildman–Crippen LogP) is 3.74. The van der Waals surface area contributed by atoms with E-state index in [2.05, 4.69) is 25.5 Å². The van der Waals surface area contributed by atoms with Crippen molar-refractivity contribution in [3.63, 3.8) is 0 Å². The Bertz CT molecular complexity index is 247. The largest absolute Gasteiger partial charge is 0.466 e. The summed E-state index contributed by atoms with van der Waals surface area (Å²) in [5.74, 6) is -0.561. The van der Waals surface area contributed by atoms with Crippen molar-refractivity contribution >= 4 is 17.7 Å². The van der Waals surface area contributed by atoms with Crippen LogP contribution >= 0.6 is 11.8 Å². The van der Waals surface area contributed by atoms with Gasteiger partial charge in [-0.3, -0.25) is 0 Å². The van der Waals surface area contributed by atoms with Crippen molar-refractivity contribution < 1.29 is 14.6 Å². The summed E-state index contributed by atoms with van der Waals surface area (Å²) in [7, 11) is 1.31. The summed E-state index contributed by atoms with van der Waals surface area (Å²) >= 11 is 1.36. The summed E-state index contributed by atoms with van der Waals surface area (Å²) in [5.41, 5.74) is 0. The fourth-order valence-electron chi connectivity index (χ4n) is 2.15. The normalized spacial score (nSPS) is 15.2. The van der Waals surface area contributed by atoms with E-state index in [-0.39, 0.29) is 4.75 Å². The molecule has 0 bridgehead atoms. The van der Waals surface area contributed by atoms with Crippen LogP contribution < -0.4 is 0 Å². The number of esters is 1. The molecular formula is C14H28O3S. The second kappa shape index (κ2) is 8.05. The van der Waals surface area contributed by atoms with E-state index in [1.54, 1.807) is 0 Å². The molecule has 0 aliphatic carbocycles. The van der Waals surface area contributed by atoms with Gasteiger partial charge in [-0.05, 0) is 26.2 Å². The summed E-state index contributed by atoms with van der Waals surface area (Å²) in [5, 5.41) is 10.2. The molecule has 0 amide bonds. The van der Waals surface area contributed by atoms with Crippen LogP contribution in [-0.2, 0) is 9.53 Å². The Kier molecular flexibility index (Phi) is 7.95. The van der Waals surface area contributed by atoms with Crippen LogP contribution in [0.1, 0.15) is 66.2 Å². The van der Waals surface area contributed by atoms with Crippen molar-refractivity contribution in [2.24, 2.45) is 0 Å². The van der Waals surface area contributed by atoms with Crippen molar-refractivity contribution in [1.82, 2.24) is 0 Å². The van der Waals surface area contributed by atoms with Crippen LogP contribution in [0.5, 0.6) is 0 Å². The summed E-state index contributed by atoms with van der Waals surface area (Å²) in [6.45, 7) is 7.95. The maximum Gasteiger partial charge on any atom is 0.348 e. The smallest absolute Gasteiger partial charge is 0.348 e. The fraction of sp³-hybridized carbons (Fsp3) is 0.929. The Balaban J connectivity index is 4.73. The van der Waals surface area contributed by atoms with Crippen LogP contribution in [0.25, 0.3) is 0 Å². The molecule has 1 N–H and O–H groups in total. The average Bonchev–Trinajstić information content (AvgIpc) is 2.36. The Morgan fingerprint density at radius 1 is 1.22 bits per heavy atom. The second-order valence-corrected chi connectivity index (χ2v) is 6.79. The number of thioether (sulfide) groups is 1. The molecule has 0 heterocycles. The van der Waals surface area contributed by atoms with E-state index < -0.39 is 10.9 Å². The zero-order chi connectivity index (χ0) is 14.2. The van der Waals surface area contributed by atoms with Gasteiger partial charge in [0.15, 0.2) is 0 Å². The van der Waals surface area contributed by atoms with Crippen LogP contribution in [-0.4, -0.2) is 27.9 Å². The predicted molar refractivity (Wildman–Crippen MR) is 77.7 cm³/mol. The first-order valence-electron chi connectivity index (χ1n) is 6.88. The molecule has 18 heavy (non-hydrogen) atoms. The first-order valence-corrected chi connectivity index (χ1v) is 7.70. The van der Waals surface area contributed by atoms with E-state index in [9.17, 15) is 9.90 Å². The molecule has 0 saturated carbocycles. The second-order valence-electron chi connectivity index (χ2n) is 4.92. The van der Waals surface area contributed by atoms with E-state index in [4.69, 9.17) is 0 Å². The highest BCUT2D eigenvalue weighted by Crippen LogP contribution is 2.44. The first-order chi connectivity index (χ1) is 8.37. The van der Waals surface area contributed by atoms with Gasteiger partial charge in [0.2, 0.25) is 4.93 Å². The van der Waals surface area contributed by atoms with Crippen molar-refractivity contribution in [3.8, 4) is 0 Å². The highest BCUT2D eigenvalue weighted by atomic mass is 32.2. The van der Waals surface area contributed by atoms with Gasteiger partial charge in [0.1, 0.15) is 0 Å². The van der Waals surface area contributed by atoms with Crippen molar-refractivity contribution in [2.45, 2.75) is 75.9 Å². The number of aliphatic hydroxyl groups is 1. The Morgan fingerprint density at radius 2 is 1.78 bits per heavy atom. The van der Waals surface area contributed by atoms with Crippen LogP contribution in [0.2, 0.25) is 0 Å². The average molecular weight is 276 g/mol. The molecule has 0 aliphatic heterocycles. The number of rotatable bonds is 9. The molecule has 108 valence electrons. The van der Waals surface area contributed by atoms with Crippen LogP contribution in [0.4, 0.5) is 0 Å². The third-order valence-corrected chi connectivity index (χ3v) is 5.28. The lowest BCUT2D eigenvalue weighted by Crippen LogP contribution is -2.39. The Hall–Kier alpha value is -0.220. The number of carbonyl (C=O) groups excluding carboxylic acids is 1. The lowest BCUT2D eigenvalue weighted by Gasteiger charge is -2.36. The lowest BCUT2D eigenvalue weighted by molar-refractivity contribution is -0.152. The molecule has 4 heteroatoms. The number of methoxy groups -OCH3 is 1. The first kappa shape index (κ1) is 17.8. The molecule has 0 rings (SSSR count). The van der Waals surface area contributed by atoms with Crippen LogP contribution in [0.15, 0.2) is 0 Å². The number of unbranched alkanes of at least 4 members (excludes halogenated alkanes) is 2. The van der Waals surface area contributed by atoms with E-state index in [1.165, 1.54) is 38.6 Å². The molecule has 0 aliphatic rings. The Labute approximate surface area is 116 Å². The van der Waals surface area contributed by atoms with Gasteiger partial charge in [0.25, 0.3) is 0 Å². The van der Waals surface area contributed by atoms with Crippen molar-refractivity contribution in [2.75, 3.05) is 7.11 Å². The van der Waals surface area contributed by atoms with E-state index >= 15 is 0 Å². The molecule has 0 aromatic carbocycles. The summed E-state index contributed by atoms with van der Waals surface area (Å²) in [6, 6.07) is 0. The zero-order valence-corrected chi connectivity index (χ0v) is 13.2. The van der Waals surface area contributed by atoms with E-state index in [0.29, 0.717) is 0 Å². The van der Waals surface area contributed by atoms with Crippen molar-refractivity contribution in [1.29, 1.82) is 0 Å². The van der Waals surface area contributed by atoms with Crippen LogP contribution in [0, 0.1) is 0 Å². The number of hydrogen-bond acceptors (Lipinski definition) is 4. The minimum Gasteiger partial charge on any atom is -0.466 e. The van der Waals surface area contributed by atoms with E-state index in [0.717, 1.165) is 25.7 Å². The molecule has 0 aromatic rings. The highest BCUT2D eigenvalue weighted by Gasteiger charge is 2.41. The van der Waals surface area contributed by atoms with Gasteiger partial charge in [-0.25, -0.2) is 4.79 Å². The third kappa shape index (κ3) is 5.19. The zero-order valence-electron chi connectivity index (χ0n) is 12.4. The molecule has 0 radical (unpaired) electrons. The molecular weight excluding hydrogens is 248 g/mol. The minimum absolute atomic E-state index is 0.0349. The standard InChI is InChI=1S/C14H28O3S/c1-6-9-10-11-14(7-2,8-3)18-13(4,16)12(15)17-5/h16H,6-11H2,1-5H3. The molecule has 0 fully saturated rings. The molecule has 1 unspecified atom stereocenters. The Morgan fingerprint density at radius 3 is 2.17 bits per heavy atom. The van der Waals surface area contributed by atoms with Gasteiger partial charge in [0, 0.05) is 4.75 Å². The van der Waals surface area contributed by atoms with E-state index in [1.807, 2.05) is 0 Å². The third-order valence-electron chi connectivity index (χ3n) is 3.50. The summed E-state index contributed by atoms with van der Waals surface area (Å²) in [6.07, 6.45) is 6.45. The summed E-state index contributed by atoms with van der Waals surface area (Å²) < 4.78 is 4.63. The minimum atomic E-state index is -1.45. The maximum absolute atomic E-state index is 11.6. The molecule has 0 spiro atoms. The quantitative estimate of drug-likeness (QED) is 0.396. The number of hydrogen-bond donors (Lipinski definition) is 1.